The van der Waals surface area contributed by atoms with E-state index in [-0.39, 0.29) is 36.3 Å². The first-order valence-corrected chi connectivity index (χ1v) is 11.4. The van der Waals surface area contributed by atoms with Crippen LogP contribution >= 0.6 is 23.1 Å². The smallest absolute Gasteiger partial charge is 0.287 e. The third-order valence-electron chi connectivity index (χ3n) is 4.75. The summed E-state index contributed by atoms with van der Waals surface area (Å²) < 4.78 is 6.68. The maximum Gasteiger partial charge on any atom is 0.287 e. The highest BCUT2D eigenvalue weighted by atomic mass is 32.2. The fourth-order valence-electron chi connectivity index (χ4n) is 3.29. The summed E-state index contributed by atoms with van der Waals surface area (Å²) in [4.78, 5) is 37.4. The molecule has 30 heavy (non-hydrogen) atoms. The number of imide groups is 1. The number of hydrogen-bond acceptors (Lipinski definition) is 8. The number of fused-ring (bicyclic) bond motifs is 1. The van der Waals surface area contributed by atoms with Crippen molar-refractivity contribution in [2.45, 2.75) is 36.3 Å². The summed E-state index contributed by atoms with van der Waals surface area (Å²) in [5.74, 6) is 0.211. The van der Waals surface area contributed by atoms with Crippen LogP contribution in [-0.4, -0.2) is 45.9 Å². The number of nitrogens with zero attached hydrogens (tertiary/aromatic N) is 3. The fraction of sp³-hybridized carbons (Fsp3) is 0.350. The number of aryl methyl sites for hydroxylation is 1. The Kier molecular flexibility index (Phi) is 6.14. The van der Waals surface area contributed by atoms with Crippen molar-refractivity contribution < 1.29 is 18.8 Å². The molecule has 3 heterocycles. The van der Waals surface area contributed by atoms with E-state index in [0.29, 0.717) is 30.8 Å². The van der Waals surface area contributed by atoms with E-state index in [1.807, 2.05) is 31.2 Å². The molecule has 4 rings (SSSR count). The third kappa shape index (κ3) is 4.39. The van der Waals surface area contributed by atoms with Crippen molar-refractivity contribution in [1.29, 1.82) is 0 Å². The molecule has 2 aromatic heterocycles. The number of aromatic nitrogens is 2. The van der Waals surface area contributed by atoms with Crippen LogP contribution in [-0.2, 0) is 15.3 Å². The zero-order chi connectivity index (χ0) is 21.1. The van der Waals surface area contributed by atoms with Gasteiger partial charge in [-0.05, 0) is 19.4 Å². The van der Waals surface area contributed by atoms with Crippen molar-refractivity contribution in [3.63, 3.8) is 0 Å². The minimum absolute atomic E-state index is 0.144. The van der Waals surface area contributed by atoms with Crippen molar-refractivity contribution in [2.24, 2.45) is 0 Å². The van der Waals surface area contributed by atoms with Crippen molar-refractivity contribution in [3.8, 4) is 0 Å². The second-order valence-electron chi connectivity index (χ2n) is 6.83. The van der Waals surface area contributed by atoms with Gasteiger partial charge < -0.3 is 9.73 Å². The fourth-order valence-corrected chi connectivity index (χ4v) is 5.13. The Labute approximate surface area is 181 Å². The molecule has 156 valence electrons. The number of amides is 3. The molecule has 3 aromatic rings. The highest BCUT2D eigenvalue weighted by molar-refractivity contribution is 8.00. The van der Waals surface area contributed by atoms with E-state index in [1.165, 1.54) is 28.0 Å². The molecule has 1 aliphatic rings. The highest BCUT2D eigenvalue weighted by Crippen LogP contribution is 2.33. The molecule has 0 unspecified atom stereocenters. The topological polar surface area (TPSA) is 105 Å². The summed E-state index contributed by atoms with van der Waals surface area (Å²) in [6.07, 6.45) is 1.05. The summed E-state index contributed by atoms with van der Waals surface area (Å²) in [5, 5.41) is 12.8. The van der Waals surface area contributed by atoms with Crippen LogP contribution in [0.3, 0.4) is 0 Å². The number of hydrogen-bond donors (Lipinski definition) is 1. The predicted molar refractivity (Wildman–Crippen MR) is 113 cm³/mol. The Morgan fingerprint density at radius 1 is 1.23 bits per heavy atom. The quantitative estimate of drug-likeness (QED) is 0.323. The SMILES string of the molecule is Cc1nnc(SCc2c(C(=O)NCCCN3C(=O)CCC3=O)oc3ccccc23)s1. The van der Waals surface area contributed by atoms with Crippen LogP contribution in [0.25, 0.3) is 11.0 Å². The molecule has 1 N–H and O–H groups in total. The minimum Gasteiger partial charge on any atom is -0.451 e. The number of likely N-dealkylation sites (tertiary alicyclic amines) is 1. The van der Waals surface area contributed by atoms with E-state index < -0.39 is 0 Å². The maximum absolute atomic E-state index is 12.8. The molecular formula is C20H20N4O4S2. The Morgan fingerprint density at radius 3 is 2.73 bits per heavy atom. The van der Waals surface area contributed by atoms with E-state index in [0.717, 1.165) is 20.3 Å². The Balaban J connectivity index is 1.42. The van der Waals surface area contributed by atoms with E-state index >= 15 is 0 Å². The first-order valence-electron chi connectivity index (χ1n) is 9.57. The summed E-state index contributed by atoms with van der Waals surface area (Å²) in [6, 6.07) is 7.54. The molecule has 1 fully saturated rings. The van der Waals surface area contributed by atoms with Crippen LogP contribution in [0.15, 0.2) is 33.0 Å². The van der Waals surface area contributed by atoms with E-state index in [9.17, 15) is 14.4 Å². The molecule has 0 atom stereocenters. The molecule has 0 radical (unpaired) electrons. The van der Waals surface area contributed by atoms with Crippen molar-refractivity contribution in [2.75, 3.05) is 13.1 Å². The molecule has 0 spiro atoms. The van der Waals surface area contributed by atoms with E-state index in [2.05, 4.69) is 15.5 Å². The lowest BCUT2D eigenvalue weighted by atomic mass is 10.1. The average Bonchev–Trinajstić information content (AvgIpc) is 3.41. The molecule has 0 aliphatic carbocycles. The molecule has 1 saturated heterocycles. The maximum atomic E-state index is 12.8. The number of carbonyl (C=O) groups excluding carboxylic acids is 3. The minimum atomic E-state index is -0.311. The van der Waals surface area contributed by atoms with Gasteiger partial charge in [0.05, 0.1) is 0 Å². The van der Waals surface area contributed by atoms with Crippen LogP contribution in [0.2, 0.25) is 0 Å². The highest BCUT2D eigenvalue weighted by Gasteiger charge is 2.28. The first-order chi connectivity index (χ1) is 14.5. The first kappa shape index (κ1) is 20.5. The number of thioether (sulfide) groups is 1. The summed E-state index contributed by atoms with van der Waals surface area (Å²) in [5.41, 5.74) is 1.46. The third-order valence-corrected chi connectivity index (χ3v) is 6.75. The Bertz CT molecular complexity index is 1090. The monoisotopic (exact) mass is 444 g/mol. The van der Waals surface area contributed by atoms with Gasteiger partial charge in [0.25, 0.3) is 5.91 Å². The Morgan fingerprint density at radius 2 is 2.00 bits per heavy atom. The largest absolute Gasteiger partial charge is 0.451 e. The van der Waals surface area contributed by atoms with E-state index in [1.54, 1.807) is 0 Å². The van der Waals surface area contributed by atoms with Gasteiger partial charge in [-0.15, -0.1) is 10.2 Å². The lowest BCUT2D eigenvalue weighted by Crippen LogP contribution is -2.33. The van der Waals surface area contributed by atoms with Gasteiger partial charge in [-0.2, -0.15) is 0 Å². The average molecular weight is 445 g/mol. The summed E-state index contributed by atoms with van der Waals surface area (Å²) >= 11 is 3.02. The number of rotatable bonds is 8. The number of benzene rings is 1. The molecule has 1 aromatic carbocycles. The predicted octanol–water partition coefficient (Wildman–Crippen LogP) is 3.15. The number of nitrogens with one attached hydrogen (secondary N) is 1. The van der Waals surface area contributed by atoms with Crippen LogP contribution < -0.4 is 5.32 Å². The van der Waals surface area contributed by atoms with Crippen LogP contribution in [0, 0.1) is 6.92 Å². The molecule has 8 nitrogen and oxygen atoms in total. The van der Waals surface area contributed by atoms with Crippen LogP contribution in [0.1, 0.15) is 40.4 Å². The van der Waals surface area contributed by atoms with Gasteiger partial charge in [0.15, 0.2) is 10.1 Å². The molecular weight excluding hydrogens is 424 g/mol. The molecule has 0 bridgehead atoms. The van der Waals surface area contributed by atoms with Gasteiger partial charge >= 0.3 is 0 Å². The van der Waals surface area contributed by atoms with Gasteiger partial charge in [-0.25, -0.2) is 0 Å². The zero-order valence-electron chi connectivity index (χ0n) is 16.3. The van der Waals surface area contributed by atoms with E-state index in [4.69, 9.17) is 4.42 Å². The zero-order valence-corrected chi connectivity index (χ0v) is 18.0. The van der Waals surface area contributed by atoms with Crippen LogP contribution in [0.5, 0.6) is 0 Å². The van der Waals surface area contributed by atoms with Crippen molar-refractivity contribution in [1.82, 2.24) is 20.4 Å². The normalized spacial score (nSPS) is 14.1. The molecule has 10 heteroatoms. The lowest BCUT2D eigenvalue weighted by Gasteiger charge is -2.13. The van der Waals surface area contributed by atoms with Gasteiger partial charge in [0, 0.05) is 42.6 Å². The second kappa shape index (κ2) is 8.97. The lowest BCUT2D eigenvalue weighted by molar-refractivity contribution is -0.138. The van der Waals surface area contributed by atoms with Gasteiger partial charge in [-0.1, -0.05) is 41.3 Å². The summed E-state index contributed by atoms with van der Waals surface area (Å²) in [6.45, 7) is 2.56. The molecule has 1 aliphatic heterocycles. The number of carbonyl (C=O) groups is 3. The molecule has 3 amide bonds. The number of furan rings is 1. The standard InChI is InChI=1S/C20H20N4O4S2/c1-12-22-23-20(30-12)29-11-14-13-5-2-3-6-15(13)28-18(14)19(27)21-9-4-10-24-16(25)7-8-17(24)26/h2-3,5-6H,4,7-11H2,1H3,(H,21,27). The van der Waals surface area contributed by atoms with Crippen LogP contribution in [0.4, 0.5) is 0 Å². The Hall–Kier alpha value is -2.72. The van der Waals surface area contributed by atoms with Gasteiger partial charge in [0.1, 0.15) is 10.6 Å². The second-order valence-corrected chi connectivity index (χ2v) is 9.23. The molecule has 0 saturated carbocycles. The summed E-state index contributed by atoms with van der Waals surface area (Å²) in [7, 11) is 0. The number of para-hydroxylation sites is 1. The van der Waals surface area contributed by atoms with Gasteiger partial charge in [-0.3, -0.25) is 19.3 Å². The van der Waals surface area contributed by atoms with Crippen molar-refractivity contribution >= 4 is 51.8 Å². The van der Waals surface area contributed by atoms with Crippen molar-refractivity contribution in [3.05, 3.63) is 40.6 Å². The van der Waals surface area contributed by atoms with Gasteiger partial charge in [0.2, 0.25) is 11.8 Å².